The Bertz CT molecular complexity index is 293. The van der Waals surface area contributed by atoms with Crippen LogP contribution in [0, 0.1) is 0 Å². The molecule has 2 unspecified atom stereocenters. The van der Waals surface area contributed by atoms with Crippen molar-refractivity contribution >= 4 is 31.1 Å². The number of hydrogen-bond acceptors (Lipinski definition) is 4. The van der Waals surface area contributed by atoms with E-state index >= 15 is 0 Å². The van der Waals surface area contributed by atoms with E-state index in [2.05, 4.69) is 0 Å². The van der Waals surface area contributed by atoms with Crippen molar-refractivity contribution in [3.05, 3.63) is 0 Å². The van der Waals surface area contributed by atoms with E-state index in [0.717, 1.165) is 0 Å². The van der Waals surface area contributed by atoms with Crippen molar-refractivity contribution in [3.8, 4) is 0 Å². The maximum atomic E-state index is 10.5. The predicted octanol–water partition coefficient (Wildman–Crippen LogP) is -1.77. The molecule has 58 valence electrons. The third-order valence-corrected chi connectivity index (χ3v) is 13.2. The molecule has 7 heteroatoms. The van der Waals surface area contributed by atoms with Gasteiger partial charge in [-0.05, 0) is 0 Å². The van der Waals surface area contributed by atoms with Crippen molar-refractivity contribution in [3.63, 3.8) is 0 Å². The zero-order valence-electron chi connectivity index (χ0n) is 5.03. The normalized spacial score (nSPS) is 60.7. The summed E-state index contributed by atoms with van der Waals surface area (Å²) in [7, 11) is 0. The molecule has 3 heterocycles. The molecule has 3 aliphatic heterocycles. The monoisotopic (exact) mass is 266 g/mol. The maximum absolute atomic E-state index is 10.5. The summed E-state index contributed by atoms with van der Waals surface area (Å²) in [5.41, 5.74) is 0. The zero-order chi connectivity index (χ0) is 8.07. The first-order chi connectivity index (χ1) is 5.05. The van der Waals surface area contributed by atoms with E-state index in [1.165, 1.54) is 0 Å². The fourth-order valence-corrected chi connectivity index (χ4v) is 15.9. The Kier molecular flexibility index (Phi) is 0.620. The fraction of sp³-hybridized carbons (Fsp3) is 0.500. The minimum absolute atomic E-state index is 1.16. The number of carbonyl (C=O) groups is 2. The van der Waals surface area contributed by atoms with Crippen molar-refractivity contribution < 1.29 is 26.0 Å². The van der Waals surface area contributed by atoms with Gasteiger partial charge in [0.15, 0.2) is 0 Å². The third-order valence-electron chi connectivity index (χ3n) is 2.47. The summed E-state index contributed by atoms with van der Waals surface area (Å²) in [5.74, 6) is -2.33. The number of fused-ring (bicyclic) bond motifs is 1. The Morgan fingerprint density at radius 2 is 1.45 bits per heavy atom. The average Bonchev–Trinajstić information content (AvgIpc) is 2.69. The molecule has 0 bridgehead atoms. The first kappa shape index (κ1) is 6.21. The van der Waals surface area contributed by atoms with Gasteiger partial charge in [-0.1, -0.05) is 0 Å². The van der Waals surface area contributed by atoms with Crippen molar-refractivity contribution in [2.45, 2.75) is 7.23 Å². The van der Waals surface area contributed by atoms with E-state index in [4.69, 9.17) is 16.4 Å². The van der Waals surface area contributed by atoms with Crippen LogP contribution >= 0.6 is 0 Å². The first-order valence-electron chi connectivity index (χ1n) is 2.92. The minimum atomic E-state index is -3.36. The van der Waals surface area contributed by atoms with Crippen LogP contribution in [0.4, 0.5) is 0 Å². The van der Waals surface area contributed by atoms with Gasteiger partial charge in [0.1, 0.15) is 0 Å². The molecule has 0 aromatic rings. The Balaban J connectivity index is 2.03. The molecule has 0 aromatic heterocycles. The van der Waals surface area contributed by atoms with Gasteiger partial charge in [-0.3, -0.25) is 0 Å². The van der Waals surface area contributed by atoms with Crippen LogP contribution < -0.4 is 0 Å². The fourth-order valence-electron chi connectivity index (χ4n) is 1.72. The Morgan fingerprint density at radius 3 is 1.55 bits per heavy atom. The molecule has 6 nitrogen and oxygen atoms in total. The molecular formula is C4H2O6Sn. The van der Waals surface area contributed by atoms with Crippen molar-refractivity contribution in [1.82, 2.24) is 0 Å². The molecule has 0 saturated carbocycles. The van der Waals surface area contributed by atoms with E-state index in [1.807, 2.05) is 0 Å². The van der Waals surface area contributed by atoms with Crippen molar-refractivity contribution in [2.75, 3.05) is 0 Å². The van der Waals surface area contributed by atoms with E-state index in [0.29, 0.717) is 0 Å². The van der Waals surface area contributed by atoms with Gasteiger partial charge in [0.25, 0.3) is 0 Å². The molecule has 0 aromatic carbocycles. The standard InChI is InChI=1S/C4H2O6.Sn/c5-1(3(7)8)2(6)4(9)10;/h(H,7,8)(H,9,10);/q-2;+2. The molecular weight excluding hydrogens is 263 g/mol. The average molecular weight is 265 g/mol. The van der Waals surface area contributed by atoms with E-state index in [-0.39, 0.29) is 0 Å². The second-order valence-corrected chi connectivity index (χ2v) is 11.5. The van der Waals surface area contributed by atoms with Gasteiger partial charge in [0.05, 0.1) is 0 Å². The van der Waals surface area contributed by atoms with Crippen LogP contribution in [0.1, 0.15) is 0 Å². The summed E-state index contributed by atoms with van der Waals surface area (Å²) in [6.45, 7) is 0. The van der Waals surface area contributed by atoms with Gasteiger partial charge in [-0.15, -0.1) is 0 Å². The summed E-state index contributed by atoms with van der Waals surface area (Å²) >= 11 is -3.36. The van der Waals surface area contributed by atoms with Crippen LogP contribution in [0.3, 0.4) is 0 Å². The summed E-state index contributed by atoms with van der Waals surface area (Å²) in [5, 5.41) is 17.1. The predicted molar refractivity (Wildman–Crippen MR) is 28.7 cm³/mol. The van der Waals surface area contributed by atoms with Gasteiger partial charge >= 0.3 is 64.3 Å². The molecule has 0 amide bonds. The van der Waals surface area contributed by atoms with E-state index in [9.17, 15) is 9.59 Å². The van der Waals surface area contributed by atoms with Crippen LogP contribution in [0.15, 0.2) is 0 Å². The number of aliphatic carboxylic acids is 2. The van der Waals surface area contributed by atoms with Crippen LogP contribution in [0.25, 0.3) is 0 Å². The molecule has 2 atom stereocenters. The van der Waals surface area contributed by atoms with Crippen LogP contribution in [0.5, 0.6) is 0 Å². The molecule has 3 aliphatic rings. The number of rotatable bonds is 2. The van der Waals surface area contributed by atoms with Crippen molar-refractivity contribution in [2.24, 2.45) is 0 Å². The molecule has 3 fully saturated rings. The van der Waals surface area contributed by atoms with E-state index in [1.54, 1.807) is 0 Å². The van der Waals surface area contributed by atoms with Crippen molar-refractivity contribution in [1.29, 1.82) is 0 Å². The summed E-state index contributed by atoms with van der Waals surface area (Å²) in [6.07, 6.45) is 0. The molecule has 11 heavy (non-hydrogen) atoms. The second-order valence-electron chi connectivity index (χ2n) is 2.79. The van der Waals surface area contributed by atoms with Gasteiger partial charge in [-0.25, -0.2) is 0 Å². The van der Waals surface area contributed by atoms with Crippen LogP contribution in [-0.2, 0) is 15.7 Å². The number of carboxylic acid groups (broad SMARTS) is 2. The van der Waals surface area contributed by atoms with Gasteiger partial charge in [0.2, 0.25) is 0 Å². The number of carboxylic acids is 2. The Morgan fingerprint density at radius 1 is 1.09 bits per heavy atom. The van der Waals surface area contributed by atoms with Gasteiger partial charge in [-0.2, -0.15) is 0 Å². The molecule has 1 spiro atoms. The van der Waals surface area contributed by atoms with Gasteiger partial charge < -0.3 is 0 Å². The Hall–Kier alpha value is -0.341. The van der Waals surface area contributed by atoms with Crippen LogP contribution in [-0.4, -0.2) is 48.6 Å². The summed E-state index contributed by atoms with van der Waals surface area (Å²) in [6, 6.07) is 0. The quantitative estimate of drug-likeness (QED) is 0.452. The summed E-state index contributed by atoms with van der Waals surface area (Å²) in [4.78, 5) is 20.9. The molecule has 0 radical (unpaired) electrons. The van der Waals surface area contributed by atoms with Crippen LogP contribution in [0.2, 0.25) is 0 Å². The molecule has 0 aliphatic carbocycles. The topological polar surface area (TPSA) is 99.7 Å². The first-order valence-corrected chi connectivity index (χ1v) is 8.11. The summed E-state index contributed by atoms with van der Waals surface area (Å²) < 4.78 is 6.92. The Labute approximate surface area is 64.7 Å². The zero-order valence-corrected chi connectivity index (χ0v) is 7.88. The second kappa shape index (κ2) is 1.10. The van der Waals surface area contributed by atoms with E-state index < -0.39 is 38.4 Å². The SMILES string of the molecule is O=C(O)[C]12[O][Sn]13[O][C]23C(=O)O. The molecule has 2 N–H and O–H groups in total. The van der Waals surface area contributed by atoms with Gasteiger partial charge in [0, 0.05) is 0 Å². The molecule has 3 rings (SSSR count). The number of hydrogen-bond donors (Lipinski definition) is 2. The third kappa shape index (κ3) is 0.284. The molecule has 3 saturated heterocycles.